The van der Waals surface area contributed by atoms with Crippen LogP contribution in [0.25, 0.3) is 11.3 Å². The van der Waals surface area contributed by atoms with Crippen molar-refractivity contribution in [1.82, 2.24) is 4.98 Å². The summed E-state index contributed by atoms with van der Waals surface area (Å²) in [7, 11) is 0. The van der Waals surface area contributed by atoms with Crippen LogP contribution in [-0.4, -0.2) is 10.9 Å². The monoisotopic (exact) mass is 309 g/mol. The lowest BCUT2D eigenvalue weighted by Crippen LogP contribution is -2.13. The van der Waals surface area contributed by atoms with E-state index in [1.165, 1.54) is 11.3 Å². The summed E-state index contributed by atoms with van der Waals surface area (Å²) in [4.78, 5) is 16.8. The highest BCUT2D eigenvalue weighted by Crippen LogP contribution is 2.30. The van der Waals surface area contributed by atoms with Crippen molar-refractivity contribution in [2.45, 2.75) is 6.92 Å². The first-order valence-electron chi connectivity index (χ1n) is 6.82. The third-order valence-electron chi connectivity index (χ3n) is 3.36. The maximum Gasteiger partial charge on any atom is 0.255 e. The molecule has 3 N–H and O–H groups in total. The van der Waals surface area contributed by atoms with Crippen LogP contribution < -0.4 is 11.1 Å². The number of thiazole rings is 1. The number of amides is 1. The fraction of sp³-hybridized carbons (Fsp3) is 0.0588. The molecule has 0 saturated heterocycles. The predicted molar refractivity (Wildman–Crippen MR) is 91.1 cm³/mol. The minimum absolute atomic E-state index is 0.131. The van der Waals surface area contributed by atoms with E-state index in [2.05, 4.69) is 10.3 Å². The van der Waals surface area contributed by atoms with Crippen LogP contribution in [0.5, 0.6) is 0 Å². The molecule has 0 saturated carbocycles. The van der Waals surface area contributed by atoms with Gasteiger partial charge in [0.1, 0.15) is 0 Å². The molecule has 3 aromatic rings. The lowest BCUT2D eigenvalue weighted by molar-refractivity contribution is 0.102. The van der Waals surface area contributed by atoms with Crippen LogP contribution >= 0.6 is 11.3 Å². The molecule has 0 fully saturated rings. The quantitative estimate of drug-likeness (QED) is 0.769. The molecule has 4 nitrogen and oxygen atoms in total. The molecule has 0 spiro atoms. The number of hydrogen-bond acceptors (Lipinski definition) is 4. The van der Waals surface area contributed by atoms with E-state index in [1.54, 1.807) is 0 Å². The average molecular weight is 309 g/mol. The van der Waals surface area contributed by atoms with Crippen molar-refractivity contribution in [1.29, 1.82) is 0 Å². The number of carbonyl (C=O) groups is 1. The Morgan fingerprint density at radius 3 is 2.59 bits per heavy atom. The summed E-state index contributed by atoms with van der Waals surface area (Å²) in [5, 5.41) is 5.35. The molecule has 0 aliphatic carbocycles. The van der Waals surface area contributed by atoms with E-state index in [9.17, 15) is 4.79 Å². The smallest absolute Gasteiger partial charge is 0.255 e. The zero-order valence-corrected chi connectivity index (χ0v) is 12.9. The third kappa shape index (κ3) is 2.84. The molecule has 2 aromatic carbocycles. The van der Waals surface area contributed by atoms with Gasteiger partial charge in [0.2, 0.25) is 0 Å². The number of nitrogens with two attached hydrogens (primary N) is 1. The Balaban J connectivity index is 1.93. The fourth-order valence-electron chi connectivity index (χ4n) is 2.24. The van der Waals surface area contributed by atoms with Gasteiger partial charge in [-0.25, -0.2) is 4.98 Å². The van der Waals surface area contributed by atoms with Gasteiger partial charge < -0.3 is 11.1 Å². The summed E-state index contributed by atoms with van der Waals surface area (Å²) >= 11 is 1.38. The molecule has 0 aliphatic heterocycles. The second-order valence-electron chi connectivity index (χ2n) is 4.89. The minimum atomic E-state index is -0.131. The molecule has 0 atom stereocenters. The van der Waals surface area contributed by atoms with E-state index < -0.39 is 0 Å². The number of aromatic nitrogens is 1. The summed E-state index contributed by atoms with van der Waals surface area (Å²) in [6.07, 6.45) is 0. The SMILES string of the molecule is Cc1ccccc1C(=O)Nc1ccccc1-c1csc(N)n1. The first-order valence-corrected chi connectivity index (χ1v) is 7.70. The molecule has 1 aromatic heterocycles. The Labute approximate surface area is 132 Å². The van der Waals surface area contributed by atoms with Crippen LogP contribution in [0, 0.1) is 6.92 Å². The largest absolute Gasteiger partial charge is 0.375 e. The van der Waals surface area contributed by atoms with Gasteiger partial charge in [0.05, 0.1) is 11.4 Å². The summed E-state index contributed by atoms with van der Waals surface area (Å²) in [5.41, 5.74) is 9.65. The van der Waals surface area contributed by atoms with Crippen molar-refractivity contribution < 1.29 is 4.79 Å². The molecule has 0 unspecified atom stereocenters. The van der Waals surface area contributed by atoms with Gasteiger partial charge in [0.15, 0.2) is 5.13 Å². The Kier molecular flexibility index (Phi) is 3.89. The number of aryl methyl sites for hydroxylation is 1. The Morgan fingerprint density at radius 1 is 1.14 bits per heavy atom. The van der Waals surface area contributed by atoms with E-state index in [-0.39, 0.29) is 5.91 Å². The molecule has 1 amide bonds. The van der Waals surface area contributed by atoms with Crippen LogP contribution in [0.3, 0.4) is 0 Å². The van der Waals surface area contributed by atoms with Gasteiger partial charge in [-0.05, 0) is 24.6 Å². The van der Waals surface area contributed by atoms with E-state index in [0.717, 1.165) is 22.5 Å². The van der Waals surface area contributed by atoms with Gasteiger partial charge in [-0.1, -0.05) is 36.4 Å². The maximum atomic E-state index is 12.5. The lowest BCUT2D eigenvalue weighted by atomic mass is 10.1. The van der Waals surface area contributed by atoms with Gasteiger partial charge >= 0.3 is 0 Å². The van der Waals surface area contributed by atoms with Gasteiger partial charge in [-0.2, -0.15) is 0 Å². The number of hydrogen-bond donors (Lipinski definition) is 2. The summed E-state index contributed by atoms with van der Waals surface area (Å²) in [6, 6.07) is 15.1. The summed E-state index contributed by atoms with van der Waals surface area (Å²) < 4.78 is 0. The third-order valence-corrected chi connectivity index (χ3v) is 4.04. The van der Waals surface area contributed by atoms with E-state index in [1.807, 2.05) is 60.8 Å². The molecular weight excluding hydrogens is 294 g/mol. The van der Waals surface area contributed by atoms with Crippen molar-refractivity contribution in [3.05, 3.63) is 65.0 Å². The highest BCUT2D eigenvalue weighted by Gasteiger charge is 2.13. The van der Waals surface area contributed by atoms with E-state index >= 15 is 0 Å². The maximum absolute atomic E-state index is 12.5. The number of nitrogen functional groups attached to an aromatic ring is 1. The van der Waals surface area contributed by atoms with Gasteiger partial charge in [-0.3, -0.25) is 4.79 Å². The van der Waals surface area contributed by atoms with Crippen molar-refractivity contribution >= 4 is 28.1 Å². The number of rotatable bonds is 3. The van der Waals surface area contributed by atoms with Crippen molar-refractivity contribution in [3.63, 3.8) is 0 Å². The predicted octanol–water partition coefficient (Wildman–Crippen LogP) is 3.95. The molecule has 22 heavy (non-hydrogen) atoms. The van der Waals surface area contributed by atoms with Crippen molar-refractivity contribution in [2.75, 3.05) is 11.1 Å². The van der Waals surface area contributed by atoms with Crippen LogP contribution in [0.1, 0.15) is 15.9 Å². The zero-order valence-electron chi connectivity index (χ0n) is 12.0. The number of nitrogens with one attached hydrogen (secondary N) is 1. The summed E-state index contributed by atoms with van der Waals surface area (Å²) in [5.74, 6) is -0.131. The molecule has 3 rings (SSSR count). The fourth-order valence-corrected chi connectivity index (χ4v) is 2.81. The number of para-hydroxylation sites is 1. The van der Waals surface area contributed by atoms with Crippen LogP contribution in [0.4, 0.5) is 10.8 Å². The second kappa shape index (κ2) is 5.99. The number of benzene rings is 2. The summed E-state index contributed by atoms with van der Waals surface area (Å²) in [6.45, 7) is 1.92. The lowest BCUT2D eigenvalue weighted by Gasteiger charge is -2.11. The minimum Gasteiger partial charge on any atom is -0.375 e. The molecular formula is C17H15N3OS. The Bertz CT molecular complexity index is 826. The molecule has 0 bridgehead atoms. The molecule has 0 aliphatic rings. The average Bonchev–Trinajstić information content (AvgIpc) is 2.94. The van der Waals surface area contributed by atoms with Crippen LogP contribution in [-0.2, 0) is 0 Å². The molecule has 110 valence electrons. The van der Waals surface area contributed by atoms with Gasteiger partial charge in [-0.15, -0.1) is 11.3 Å². The van der Waals surface area contributed by atoms with E-state index in [4.69, 9.17) is 5.73 Å². The molecule has 1 heterocycles. The standard InChI is InChI=1S/C17H15N3OS/c1-11-6-2-3-7-12(11)16(21)19-14-9-5-4-8-13(14)15-10-22-17(18)20-15/h2-10H,1H3,(H2,18,20)(H,19,21). The Hall–Kier alpha value is -2.66. The second-order valence-corrected chi connectivity index (χ2v) is 5.78. The topological polar surface area (TPSA) is 68.0 Å². The highest BCUT2D eigenvalue weighted by atomic mass is 32.1. The van der Waals surface area contributed by atoms with Crippen molar-refractivity contribution in [3.8, 4) is 11.3 Å². The zero-order chi connectivity index (χ0) is 15.5. The van der Waals surface area contributed by atoms with Gasteiger partial charge in [0, 0.05) is 16.5 Å². The van der Waals surface area contributed by atoms with Gasteiger partial charge in [0.25, 0.3) is 5.91 Å². The number of nitrogens with zero attached hydrogens (tertiary/aromatic N) is 1. The first-order chi connectivity index (χ1) is 10.6. The first kappa shape index (κ1) is 14.3. The molecule has 0 radical (unpaired) electrons. The number of anilines is 2. The van der Waals surface area contributed by atoms with Crippen molar-refractivity contribution in [2.24, 2.45) is 0 Å². The van der Waals surface area contributed by atoms with Crippen LogP contribution in [0.15, 0.2) is 53.9 Å². The number of carbonyl (C=O) groups excluding carboxylic acids is 1. The van der Waals surface area contributed by atoms with E-state index in [0.29, 0.717) is 10.7 Å². The Morgan fingerprint density at radius 2 is 1.86 bits per heavy atom. The molecule has 5 heteroatoms. The highest BCUT2D eigenvalue weighted by molar-refractivity contribution is 7.13. The van der Waals surface area contributed by atoms with Crippen LogP contribution in [0.2, 0.25) is 0 Å². The normalized spacial score (nSPS) is 10.4.